The third kappa shape index (κ3) is 6.34. The third-order valence-corrected chi connectivity index (χ3v) is 4.45. The average molecular weight is 419 g/mol. The quantitative estimate of drug-likeness (QED) is 0.474. The first kappa shape index (κ1) is 21.9. The van der Waals surface area contributed by atoms with Gasteiger partial charge in [0, 0.05) is 11.3 Å². The standard InChI is InChI=1S/C25H25NO5/c1-3-29-24-15-20(16-27)9-14-23(24)31-18(2)25(28)26-21-10-12-22(13-11-21)30-17-19-7-5-4-6-8-19/h4-16,18H,3,17H2,1-2H3,(H,26,28)/t18-/m0/s1. The minimum absolute atomic E-state index is 0.306. The third-order valence-electron chi connectivity index (χ3n) is 4.45. The monoisotopic (exact) mass is 419 g/mol. The Morgan fingerprint density at radius 2 is 1.71 bits per heavy atom. The second kappa shape index (κ2) is 10.8. The lowest BCUT2D eigenvalue weighted by molar-refractivity contribution is -0.122. The second-order valence-electron chi connectivity index (χ2n) is 6.81. The Balaban J connectivity index is 1.56. The SMILES string of the molecule is CCOc1cc(C=O)ccc1O[C@@H](C)C(=O)Nc1ccc(OCc2ccccc2)cc1. The summed E-state index contributed by atoms with van der Waals surface area (Å²) in [6.07, 6.45) is -0.0364. The van der Waals surface area contributed by atoms with Crippen molar-refractivity contribution in [2.45, 2.75) is 26.6 Å². The van der Waals surface area contributed by atoms with Crippen LogP contribution in [0, 0.1) is 0 Å². The molecular formula is C25H25NO5. The molecule has 160 valence electrons. The Morgan fingerprint density at radius 3 is 2.39 bits per heavy atom. The lowest BCUT2D eigenvalue weighted by Gasteiger charge is -2.17. The van der Waals surface area contributed by atoms with Crippen molar-refractivity contribution in [1.29, 1.82) is 0 Å². The summed E-state index contributed by atoms with van der Waals surface area (Å²) in [5.41, 5.74) is 2.19. The molecule has 0 radical (unpaired) electrons. The molecule has 0 spiro atoms. The van der Waals surface area contributed by atoms with Crippen LogP contribution in [0.15, 0.2) is 72.8 Å². The zero-order valence-corrected chi connectivity index (χ0v) is 17.5. The van der Waals surface area contributed by atoms with Crippen LogP contribution in [-0.4, -0.2) is 24.9 Å². The molecule has 0 heterocycles. The fraction of sp³-hybridized carbons (Fsp3) is 0.200. The van der Waals surface area contributed by atoms with Crippen molar-refractivity contribution in [3.63, 3.8) is 0 Å². The number of carbonyl (C=O) groups is 2. The minimum Gasteiger partial charge on any atom is -0.490 e. The first-order chi connectivity index (χ1) is 15.1. The van der Waals surface area contributed by atoms with Crippen molar-refractivity contribution in [2.24, 2.45) is 0 Å². The molecule has 6 heteroatoms. The molecule has 0 saturated heterocycles. The molecule has 0 bridgehead atoms. The van der Waals surface area contributed by atoms with Gasteiger partial charge in [0.2, 0.25) is 0 Å². The van der Waals surface area contributed by atoms with Gasteiger partial charge < -0.3 is 19.5 Å². The van der Waals surface area contributed by atoms with Gasteiger partial charge in [0.05, 0.1) is 6.61 Å². The number of aldehydes is 1. The molecule has 0 aliphatic rings. The highest BCUT2D eigenvalue weighted by molar-refractivity contribution is 5.94. The number of rotatable bonds is 10. The highest BCUT2D eigenvalue weighted by atomic mass is 16.5. The van der Waals surface area contributed by atoms with E-state index >= 15 is 0 Å². The van der Waals surface area contributed by atoms with Crippen LogP contribution in [0.5, 0.6) is 17.2 Å². The van der Waals surface area contributed by atoms with Gasteiger partial charge in [0.1, 0.15) is 18.6 Å². The molecule has 6 nitrogen and oxygen atoms in total. The van der Waals surface area contributed by atoms with E-state index in [0.29, 0.717) is 41.7 Å². The maximum absolute atomic E-state index is 12.5. The van der Waals surface area contributed by atoms with Crippen LogP contribution in [-0.2, 0) is 11.4 Å². The van der Waals surface area contributed by atoms with E-state index < -0.39 is 6.10 Å². The van der Waals surface area contributed by atoms with Crippen molar-refractivity contribution in [2.75, 3.05) is 11.9 Å². The highest BCUT2D eigenvalue weighted by Gasteiger charge is 2.17. The summed E-state index contributed by atoms with van der Waals surface area (Å²) >= 11 is 0. The molecule has 0 unspecified atom stereocenters. The summed E-state index contributed by atoms with van der Waals surface area (Å²) in [6.45, 7) is 4.37. The van der Waals surface area contributed by atoms with Crippen LogP contribution in [0.1, 0.15) is 29.8 Å². The predicted molar refractivity (Wildman–Crippen MR) is 119 cm³/mol. The van der Waals surface area contributed by atoms with Crippen molar-refractivity contribution in [1.82, 2.24) is 0 Å². The van der Waals surface area contributed by atoms with E-state index in [2.05, 4.69) is 5.32 Å². The first-order valence-electron chi connectivity index (χ1n) is 10.1. The van der Waals surface area contributed by atoms with Gasteiger partial charge in [-0.3, -0.25) is 9.59 Å². The van der Waals surface area contributed by atoms with Crippen LogP contribution >= 0.6 is 0 Å². The van der Waals surface area contributed by atoms with Gasteiger partial charge in [-0.05, 0) is 61.9 Å². The predicted octanol–water partition coefficient (Wildman–Crippen LogP) is 4.88. The second-order valence-corrected chi connectivity index (χ2v) is 6.81. The maximum Gasteiger partial charge on any atom is 0.265 e. The molecule has 1 N–H and O–H groups in total. The lowest BCUT2D eigenvalue weighted by atomic mass is 10.2. The van der Waals surface area contributed by atoms with Gasteiger partial charge in [-0.2, -0.15) is 0 Å². The lowest BCUT2D eigenvalue weighted by Crippen LogP contribution is -2.30. The molecule has 3 aromatic carbocycles. The number of ether oxygens (including phenoxy) is 3. The minimum atomic E-state index is -0.768. The Bertz CT molecular complexity index is 1000. The van der Waals surface area contributed by atoms with Gasteiger partial charge in [-0.25, -0.2) is 0 Å². The Labute approximate surface area is 181 Å². The number of nitrogens with one attached hydrogen (secondary N) is 1. The summed E-state index contributed by atoms with van der Waals surface area (Å²) in [5, 5.41) is 2.82. The maximum atomic E-state index is 12.5. The van der Waals surface area contributed by atoms with Crippen LogP contribution in [0.2, 0.25) is 0 Å². The molecule has 3 aromatic rings. The fourth-order valence-electron chi connectivity index (χ4n) is 2.83. The number of hydrogen-bond acceptors (Lipinski definition) is 5. The Hall–Kier alpha value is -3.80. The number of anilines is 1. The van der Waals surface area contributed by atoms with E-state index in [9.17, 15) is 9.59 Å². The molecule has 0 fully saturated rings. The molecule has 0 aromatic heterocycles. The van der Waals surface area contributed by atoms with Crippen LogP contribution < -0.4 is 19.5 Å². The smallest absolute Gasteiger partial charge is 0.265 e. The summed E-state index contributed by atoms with van der Waals surface area (Å²) in [5.74, 6) is 1.23. The molecule has 31 heavy (non-hydrogen) atoms. The largest absolute Gasteiger partial charge is 0.490 e. The summed E-state index contributed by atoms with van der Waals surface area (Å²) in [7, 11) is 0. The highest BCUT2D eigenvalue weighted by Crippen LogP contribution is 2.29. The topological polar surface area (TPSA) is 73.9 Å². The molecule has 1 amide bonds. The van der Waals surface area contributed by atoms with Crippen LogP contribution in [0.25, 0.3) is 0 Å². The van der Waals surface area contributed by atoms with Gasteiger partial charge in [0.25, 0.3) is 5.91 Å². The fourth-order valence-corrected chi connectivity index (χ4v) is 2.83. The van der Waals surface area contributed by atoms with Gasteiger partial charge >= 0.3 is 0 Å². The zero-order valence-electron chi connectivity index (χ0n) is 17.5. The normalized spacial score (nSPS) is 11.3. The van der Waals surface area contributed by atoms with Crippen molar-refractivity contribution in [3.8, 4) is 17.2 Å². The average Bonchev–Trinajstić information content (AvgIpc) is 2.80. The van der Waals surface area contributed by atoms with Crippen molar-refractivity contribution in [3.05, 3.63) is 83.9 Å². The van der Waals surface area contributed by atoms with Crippen LogP contribution in [0.4, 0.5) is 5.69 Å². The molecular weight excluding hydrogens is 394 g/mol. The number of amides is 1. The number of benzene rings is 3. The van der Waals surface area contributed by atoms with Crippen molar-refractivity contribution >= 4 is 17.9 Å². The van der Waals surface area contributed by atoms with E-state index in [1.165, 1.54) is 0 Å². The zero-order chi connectivity index (χ0) is 22.1. The first-order valence-corrected chi connectivity index (χ1v) is 10.1. The molecule has 0 aliphatic heterocycles. The van der Waals surface area contributed by atoms with E-state index in [4.69, 9.17) is 14.2 Å². The number of hydrogen-bond donors (Lipinski definition) is 1. The van der Waals surface area contributed by atoms with E-state index in [0.717, 1.165) is 11.8 Å². The Morgan fingerprint density at radius 1 is 0.968 bits per heavy atom. The summed E-state index contributed by atoms with van der Waals surface area (Å²) in [4.78, 5) is 23.5. The molecule has 1 atom stereocenters. The van der Waals surface area contributed by atoms with E-state index in [1.807, 2.05) is 37.3 Å². The van der Waals surface area contributed by atoms with E-state index in [1.54, 1.807) is 49.4 Å². The molecule has 0 saturated carbocycles. The molecule has 3 rings (SSSR count). The van der Waals surface area contributed by atoms with Gasteiger partial charge in [-0.15, -0.1) is 0 Å². The Kier molecular flexibility index (Phi) is 7.65. The van der Waals surface area contributed by atoms with Gasteiger partial charge in [0.15, 0.2) is 17.6 Å². The van der Waals surface area contributed by atoms with Gasteiger partial charge in [-0.1, -0.05) is 30.3 Å². The van der Waals surface area contributed by atoms with Crippen LogP contribution in [0.3, 0.4) is 0 Å². The summed E-state index contributed by atoms with van der Waals surface area (Å²) < 4.78 is 17.0. The summed E-state index contributed by atoms with van der Waals surface area (Å²) in [6, 6.07) is 21.9. The molecule has 0 aliphatic carbocycles. The number of carbonyl (C=O) groups excluding carboxylic acids is 2. The van der Waals surface area contributed by atoms with E-state index in [-0.39, 0.29) is 5.91 Å². The van der Waals surface area contributed by atoms with Crippen molar-refractivity contribution < 1.29 is 23.8 Å².